The van der Waals surface area contributed by atoms with Crippen molar-refractivity contribution in [3.05, 3.63) is 45.9 Å². The number of nitrogen functional groups attached to an aromatic ring is 1. The number of hydrogen-bond acceptors (Lipinski definition) is 6. The normalized spacial score (nSPS) is 11.9. The minimum Gasteiger partial charge on any atom is -0.464 e. The molecule has 3 aromatic rings. The smallest absolute Gasteiger partial charge is 0.328 e. The van der Waals surface area contributed by atoms with E-state index in [1.54, 1.807) is 4.57 Å². The fourth-order valence-electron chi connectivity index (χ4n) is 3.48. The molecule has 0 saturated carbocycles. The fourth-order valence-corrected chi connectivity index (χ4v) is 3.48. The molecule has 1 aromatic carbocycles. The zero-order valence-electron chi connectivity index (χ0n) is 17.8. The van der Waals surface area contributed by atoms with Gasteiger partial charge in [-0.15, -0.1) is 0 Å². The van der Waals surface area contributed by atoms with Crippen molar-refractivity contribution in [1.29, 1.82) is 0 Å². The van der Waals surface area contributed by atoms with Gasteiger partial charge >= 0.3 is 11.7 Å². The Morgan fingerprint density at radius 3 is 2.31 bits per heavy atom. The number of rotatable bonds is 8. The van der Waals surface area contributed by atoms with Gasteiger partial charge in [-0.05, 0) is 45.7 Å². The summed E-state index contributed by atoms with van der Waals surface area (Å²) in [5, 5.41) is 0. The second kappa shape index (κ2) is 8.65. The molecule has 2 heterocycles. The summed E-state index contributed by atoms with van der Waals surface area (Å²) in [4.78, 5) is 26.1. The Bertz CT molecular complexity index is 1010. The number of H-pyrrole nitrogens is 1. The molecule has 29 heavy (non-hydrogen) atoms. The second-order valence-electron chi connectivity index (χ2n) is 7.72. The van der Waals surface area contributed by atoms with E-state index in [0.29, 0.717) is 36.4 Å². The van der Waals surface area contributed by atoms with E-state index in [2.05, 4.69) is 59.7 Å². The Kier molecular flexibility index (Phi) is 6.22. The van der Waals surface area contributed by atoms with E-state index in [1.807, 2.05) is 19.1 Å². The van der Waals surface area contributed by atoms with Crippen LogP contribution in [0.4, 0.5) is 5.82 Å². The van der Waals surface area contributed by atoms with Gasteiger partial charge in [-0.2, -0.15) is 9.97 Å². The third kappa shape index (κ3) is 4.59. The Balaban J connectivity index is 1.86. The van der Waals surface area contributed by atoms with Gasteiger partial charge in [0.2, 0.25) is 0 Å². The molecule has 0 bridgehead atoms. The number of nitrogens with zero attached hydrogens (tertiary/aromatic N) is 4. The minimum absolute atomic E-state index is 0.170. The first kappa shape index (κ1) is 20.9. The summed E-state index contributed by atoms with van der Waals surface area (Å²) in [6.45, 7) is 12.4. The van der Waals surface area contributed by atoms with Gasteiger partial charge in [0.15, 0.2) is 11.5 Å². The first-order chi connectivity index (χ1) is 13.8. The molecule has 8 heteroatoms. The van der Waals surface area contributed by atoms with Crippen LogP contribution in [0.25, 0.3) is 11.2 Å². The number of aromatic amines is 1. The van der Waals surface area contributed by atoms with E-state index in [1.165, 1.54) is 5.56 Å². The Labute approximate surface area is 170 Å². The third-order valence-electron chi connectivity index (χ3n) is 4.96. The number of imidazole rings is 1. The highest BCUT2D eigenvalue weighted by atomic mass is 16.5. The molecule has 0 unspecified atom stereocenters. The van der Waals surface area contributed by atoms with Crippen LogP contribution < -0.4 is 16.2 Å². The first-order valence-corrected chi connectivity index (χ1v) is 10.0. The Hall–Kier alpha value is -2.87. The van der Waals surface area contributed by atoms with E-state index >= 15 is 0 Å². The number of benzene rings is 1. The summed E-state index contributed by atoms with van der Waals surface area (Å²) in [6, 6.07) is 9.45. The third-order valence-corrected chi connectivity index (χ3v) is 4.96. The van der Waals surface area contributed by atoms with Crippen molar-refractivity contribution in [3.8, 4) is 6.01 Å². The van der Waals surface area contributed by atoms with E-state index in [9.17, 15) is 4.79 Å². The van der Waals surface area contributed by atoms with E-state index in [4.69, 9.17) is 10.5 Å². The van der Waals surface area contributed by atoms with Crippen LogP contribution in [0, 0.1) is 0 Å². The van der Waals surface area contributed by atoms with Gasteiger partial charge in [-0.1, -0.05) is 24.3 Å². The van der Waals surface area contributed by atoms with Crippen molar-refractivity contribution < 1.29 is 4.74 Å². The lowest BCUT2D eigenvalue weighted by molar-refractivity contribution is 0.166. The lowest BCUT2D eigenvalue weighted by atomic mass is 10.1. The highest BCUT2D eigenvalue weighted by Gasteiger charge is 2.16. The lowest BCUT2D eigenvalue weighted by Gasteiger charge is -2.30. The first-order valence-electron chi connectivity index (χ1n) is 10.0. The van der Waals surface area contributed by atoms with Gasteiger partial charge in [0, 0.05) is 18.6 Å². The predicted octanol–water partition coefficient (Wildman–Crippen LogP) is 2.77. The molecule has 2 aromatic heterocycles. The Morgan fingerprint density at radius 1 is 1.10 bits per heavy atom. The summed E-state index contributed by atoms with van der Waals surface area (Å²) in [5.41, 5.74) is 8.81. The quantitative estimate of drug-likeness (QED) is 0.605. The van der Waals surface area contributed by atoms with Gasteiger partial charge < -0.3 is 15.5 Å². The number of fused-ring (bicyclic) bond motifs is 1. The molecule has 0 aliphatic heterocycles. The summed E-state index contributed by atoms with van der Waals surface area (Å²) in [6.07, 6.45) is 0. The van der Waals surface area contributed by atoms with Crippen molar-refractivity contribution in [2.24, 2.45) is 0 Å². The van der Waals surface area contributed by atoms with Gasteiger partial charge in [0.05, 0.1) is 13.2 Å². The maximum Gasteiger partial charge on any atom is 0.328 e. The maximum absolute atomic E-state index is 12.5. The van der Waals surface area contributed by atoms with Crippen LogP contribution in [-0.2, 0) is 13.1 Å². The predicted molar refractivity (Wildman–Crippen MR) is 115 cm³/mol. The molecule has 156 valence electrons. The number of nitrogens with one attached hydrogen (secondary N) is 1. The minimum atomic E-state index is -0.274. The molecule has 8 nitrogen and oxygen atoms in total. The van der Waals surface area contributed by atoms with Gasteiger partial charge in [-0.25, -0.2) is 4.79 Å². The maximum atomic E-state index is 12.5. The average molecular weight is 399 g/mol. The second-order valence-corrected chi connectivity index (χ2v) is 7.72. The van der Waals surface area contributed by atoms with Crippen LogP contribution in [0.5, 0.6) is 6.01 Å². The van der Waals surface area contributed by atoms with Crippen LogP contribution in [0.15, 0.2) is 29.1 Å². The molecule has 3 N–H and O–H groups in total. The molecule has 0 aliphatic rings. The molecule has 0 aliphatic carbocycles. The average Bonchev–Trinajstić information content (AvgIpc) is 2.97. The van der Waals surface area contributed by atoms with Gasteiger partial charge in [0.25, 0.3) is 0 Å². The number of anilines is 1. The zero-order valence-corrected chi connectivity index (χ0v) is 17.8. The summed E-state index contributed by atoms with van der Waals surface area (Å²) >= 11 is 0. The zero-order chi connectivity index (χ0) is 21.1. The molecule has 0 fully saturated rings. The summed E-state index contributed by atoms with van der Waals surface area (Å²) in [7, 11) is 0. The molecular weight excluding hydrogens is 368 g/mol. The molecule has 0 spiro atoms. The Morgan fingerprint density at radius 2 is 1.72 bits per heavy atom. The highest BCUT2D eigenvalue weighted by molar-refractivity contribution is 5.81. The van der Waals surface area contributed by atoms with Crippen molar-refractivity contribution in [2.45, 2.75) is 59.8 Å². The summed E-state index contributed by atoms with van der Waals surface area (Å²) in [5.74, 6) is 0.201. The molecule has 0 saturated heterocycles. The topological polar surface area (TPSA) is 102 Å². The molecular formula is C21H30N6O2. The van der Waals surface area contributed by atoms with Crippen molar-refractivity contribution >= 4 is 17.0 Å². The van der Waals surface area contributed by atoms with E-state index in [-0.39, 0.29) is 17.5 Å². The van der Waals surface area contributed by atoms with Gasteiger partial charge in [-0.3, -0.25) is 9.47 Å². The lowest BCUT2D eigenvalue weighted by Crippen LogP contribution is -2.36. The van der Waals surface area contributed by atoms with Crippen molar-refractivity contribution in [2.75, 3.05) is 12.3 Å². The van der Waals surface area contributed by atoms with E-state index in [0.717, 1.165) is 12.1 Å². The molecule has 3 rings (SSSR count). The van der Waals surface area contributed by atoms with E-state index < -0.39 is 0 Å². The van der Waals surface area contributed by atoms with Crippen LogP contribution in [0.3, 0.4) is 0 Å². The van der Waals surface area contributed by atoms with Crippen molar-refractivity contribution in [3.63, 3.8) is 0 Å². The van der Waals surface area contributed by atoms with Crippen LogP contribution in [0.2, 0.25) is 0 Å². The highest BCUT2D eigenvalue weighted by Crippen LogP contribution is 2.19. The van der Waals surface area contributed by atoms with Crippen LogP contribution >= 0.6 is 0 Å². The summed E-state index contributed by atoms with van der Waals surface area (Å²) < 4.78 is 6.92. The number of nitrogens with two attached hydrogens (primary N) is 1. The number of aromatic nitrogens is 4. The monoisotopic (exact) mass is 398 g/mol. The SMILES string of the molecule is CCOc1nc(N)c2[nH]c(=O)n(Cc3ccc(CN(C(C)C)C(C)C)cc3)c2n1. The van der Waals surface area contributed by atoms with Crippen LogP contribution in [0.1, 0.15) is 45.7 Å². The number of hydrogen-bond donors (Lipinski definition) is 2. The molecule has 0 atom stereocenters. The van der Waals surface area contributed by atoms with Gasteiger partial charge in [0.1, 0.15) is 5.52 Å². The number of ether oxygens (including phenoxy) is 1. The molecule has 0 amide bonds. The van der Waals surface area contributed by atoms with Crippen LogP contribution in [-0.4, -0.2) is 43.1 Å². The standard InChI is InChI=1S/C21H30N6O2/c1-6-29-20-24-18(22)17-19(25-20)27(21(28)23-17)12-16-9-7-15(8-10-16)11-26(13(2)3)14(4)5/h7-10,13-14H,6,11-12H2,1-5H3,(H,23,28)(H2,22,24,25). The fraction of sp³-hybridized carbons (Fsp3) is 0.476. The molecule has 0 radical (unpaired) electrons. The largest absolute Gasteiger partial charge is 0.464 e. The van der Waals surface area contributed by atoms with Crippen molar-refractivity contribution in [1.82, 2.24) is 24.4 Å².